The fraction of sp³-hybridized carbons (Fsp3) is 0.667. The first kappa shape index (κ1) is 12.0. The molecule has 16 heavy (non-hydrogen) atoms. The molecular weight excluding hydrogens is 220 g/mol. The van der Waals surface area contributed by atoms with Gasteiger partial charge in [-0.1, -0.05) is 6.07 Å². The lowest BCUT2D eigenvalue weighted by Gasteiger charge is -2.37. The monoisotopic (exact) mass is 240 g/mol. The maximum atomic E-state index is 6.24. The molecular formula is C12H20N2OS. The Morgan fingerprint density at radius 3 is 3.00 bits per heavy atom. The van der Waals surface area contributed by atoms with Crippen LogP contribution in [0.25, 0.3) is 0 Å². The van der Waals surface area contributed by atoms with Crippen molar-refractivity contribution in [2.24, 2.45) is 5.73 Å². The maximum absolute atomic E-state index is 6.24. The molecule has 0 saturated carbocycles. The van der Waals surface area contributed by atoms with Crippen LogP contribution in [0.4, 0.5) is 0 Å². The van der Waals surface area contributed by atoms with Crippen LogP contribution >= 0.6 is 11.3 Å². The Balaban J connectivity index is 1.99. The number of nitrogens with zero attached hydrogens (tertiary/aromatic N) is 1. The molecule has 3 nitrogen and oxygen atoms in total. The van der Waals surface area contributed by atoms with Gasteiger partial charge in [0.05, 0.1) is 18.8 Å². The lowest BCUT2D eigenvalue weighted by molar-refractivity contribution is -0.0497. The summed E-state index contributed by atoms with van der Waals surface area (Å²) in [7, 11) is 0. The van der Waals surface area contributed by atoms with E-state index in [9.17, 15) is 0 Å². The largest absolute Gasteiger partial charge is 0.374 e. The molecule has 1 aromatic heterocycles. The first-order valence-electron chi connectivity index (χ1n) is 5.83. The van der Waals surface area contributed by atoms with Crippen LogP contribution in [0.3, 0.4) is 0 Å². The summed E-state index contributed by atoms with van der Waals surface area (Å²) in [6, 6.07) is 4.72. The van der Waals surface area contributed by atoms with Crippen LogP contribution in [0.1, 0.15) is 24.8 Å². The Morgan fingerprint density at radius 2 is 2.38 bits per heavy atom. The van der Waals surface area contributed by atoms with Gasteiger partial charge in [-0.2, -0.15) is 0 Å². The topological polar surface area (TPSA) is 38.5 Å². The average molecular weight is 240 g/mol. The van der Waals surface area contributed by atoms with Crippen molar-refractivity contribution in [1.29, 1.82) is 0 Å². The van der Waals surface area contributed by atoms with E-state index in [0.29, 0.717) is 6.04 Å². The summed E-state index contributed by atoms with van der Waals surface area (Å²) in [5.41, 5.74) is 6.24. The van der Waals surface area contributed by atoms with Crippen molar-refractivity contribution < 1.29 is 4.74 Å². The van der Waals surface area contributed by atoms with E-state index in [1.165, 1.54) is 4.88 Å². The van der Waals surface area contributed by atoms with Gasteiger partial charge in [0.2, 0.25) is 0 Å². The van der Waals surface area contributed by atoms with Gasteiger partial charge in [-0.3, -0.25) is 4.90 Å². The Hall–Kier alpha value is -0.420. The summed E-state index contributed by atoms with van der Waals surface area (Å²) in [6.45, 7) is 7.20. The van der Waals surface area contributed by atoms with Gasteiger partial charge in [-0.25, -0.2) is 0 Å². The standard InChI is InChI=1S/C12H20N2OS/c1-9(2)14-5-6-15-10(8-14)12(13)11-4-3-7-16-11/h3-4,7,9-10,12H,5-6,8,13H2,1-2H3. The van der Waals surface area contributed by atoms with Gasteiger partial charge in [-0.15, -0.1) is 11.3 Å². The molecule has 1 fully saturated rings. The summed E-state index contributed by atoms with van der Waals surface area (Å²) < 4.78 is 5.78. The summed E-state index contributed by atoms with van der Waals surface area (Å²) in [5.74, 6) is 0. The van der Waals surface area contributed by atoms with Gasteiger partial charge in [0.15, 0.2) is 0 Å². The quantitative estimate of drug-likeness (QED) is 0.876. The molecule has 1 saturated heterocycles. The van der Waals surface area contributed by atoms with E-state index in [4.69, 9.17) is 10.5 Å². The minimum Gasteiger partial charge on any atom is -0.374 e. The molecule has 2 N–H and O–H groups in total. The Morgan fingerprint density at radius 1 is 1.56 bits per heavy atom. The number of hydrogen-bond acceptors (Lipinski definition) is 4. The first-order valence-corrected chi connectivity index (χ1v) is 6.71. The lowest BCUT2D eigenvalue weighted by atomic mass is 10.1. The van der Waals surface area contributed by atoms with E-state index < -0.39 is 0 Å². The van der Waals surface area contributed by atoms with Gasteiger partial charge < -0.3 is 10.5 Å². The molecule has 0 amide bonds. The second-order valence-electron chi connectivity index (χ2n) is 4.54. The minimum absolute atomic E-state index is 0.0153. The van der Waals surface area contributed by atoms with E-state index in [1.807, 2.05) is 6.07 Å². The minimum atomic E-state index is 0.0153. The summed E-state index contributed by atoms with van der Waals surface area (Å²) in [5, 5.41) is 2.07. The summed E-state index contributed by atoms with van der Waals surface area (Å²) >= 11 is 1.71. The molecule has 2 atom stereocenters. The number of nitrogens with two attached hydrogens (primary N) is 1. The van der Waals surface area contributed by atoms with Gasteiger partial charge in [-0.05, 0) is 25.3 Å². The molecule has 90 valence electrons. The second-order valence-corrected chi connectivity index (χ2v) is 5.52. The van der Waals surface area contributed by atoms with Gasteiger partial charge in [0.25, 0.3) is 0 Å². The first-order chi connectivity index (χ1) is 7.68. The SMILES string of the molecule is CC(C)N1CCOC(C(N)c2cccs2)C1. The molecule has 0 bridgehead atoms. The van der Waals surface area contributed by atoms with Gasteiger partial charge in [0.1, 0.15) is 0 Å². The van der Waals surface area contributed by atoms with Crippen molar-refractivity contribution in [2.45, 2.75) is 32.0 Å². The second kappa shape index (κ2) is 5.27. The van der Waals surface area contributed by atoms with Crippen LogP contribution in [0.5, 0.6) is 0 Å². The van der Waals surface area contributed by atoms with Crippen molar-refractivity contribution in [3.63, 3.8) is 0 Å². The van der Waals surface area contributed by atoms with E-state index in [-0.39, 0.29) is 12.1 Å². The van der Waals surface area contributed by atoms with Crippen molar-refractivity contribution in [3.8, 4) is 0 Å². The highest BCUT2D eigenvalue weighted by Crippen LogP contribution is 2.24. The third kappa shape index (κ3) is 2.63. The van der Waals surface area contributed by atoms with Crippen LogP contribution in [0.15, 0.2) is 17.5 Å². The van der Waals surface area contributed by atoms with Gasteiger partial charge >= 0.3 is 0 Å². The third-order valence-corrected chi connectivity index (χ3v) is 4.10. The fourth-order valence-corrected chi connectivity index (χ4v) is 2.83. The van der Waals surface area contributed by atoms with Crippen LogP contribution in [-0.2, 0) is 4.74 Å². The van der Waals surface area contributed by atoms with E-state index in [2.05, 4.69) is 30.2 Å². The van der Waals surface area contributed by atoms with E-state index in [1.54, 1.807) is 11.3 Å². The van der Waals surface area contributed by atoms with Crippen LogP contribution in [-0.4, -0.2) is 36.7 Å². The van der Waals surface area contributed by atoms with Gasteiger partial charge in [0, 0.05) is 24.0 Å². The number of ether oxygens (including phenoxy) is 1. The molecule has 0 aliphatic carbocycles. The zero-order valence-electron chi connectivity index (χ0n) is 9.93. The highest BCUT2D eigenvalue weighted by molar-refractivity contribution is 7.10. The Labute approximate surface area is 101 Å². The van der Waals surface area contributed by atoms with Crippen molar-refractivity contribution in [2.75, 3.05) is 19.7 Å². The number of morpholine rings is 1. The normalized spacial score (nSPS) is 24.9. The smallest absolute Gasteiger partial charge is 0.0902 e. The molecule has 2 unspecified atom stereocenters. The van der Waals surface area contributed by atoms with Crippen molar-refractivity contribution in [1.82, 2.24) is 4.90 Å². The molecule has 1 aliphatic heterocycles. The molecule has 0 spiro atoms. The predicted octanol–water partition coefficient (Wildman–Crippen LogP) is 1.86. The molecule has 1 aromatic rings. The van der Waals surface area contributed by atoms with E-state index >= 15 is 0 Å². The Kier molecular flexibility index (Phi) is 3.97. The molecule has 0 radical (unpaired) electrons. The molecule has 2 rings (SSSR count). The highest BCUT2D eigenvalue weighted by Gasteiger charge is 2.28. The number of hydrogen-bond donors (Lipinski definition) is 1. The average Bonchev–Trinajstić information content (AvgIpc) is 2.81. The Bertz CT molecular complexity index is 313. The van der Waals surface area contributed by atoms with Crippen molar-refractivity contribution >= 4 is 11.3 Å². The molecule has 4 heteroatoms. The molecule has 2 heterocycles. The molecule has 0 aromatic carbocycles. The van der Waals surface area contributed by atoms with E-state index in [0.717, 1.165) is 19.7 Å². The predicted molar refractivity (Wildman–Crippen MR) is 67.7 cm³/mol. The van der Waals surface area contributed by atoms with Crippen LogP contribution in [0.2, 0.25) is 0 Å². The molecule has 1 aliphatic rings. The third-order valence-electron chi connectivity index (χ3n) is 3.13. The number of thiophene rings is 1. The van der Waals surface area contributed by atoms with Crippen molar-refractivity contribution in [3.05, 3.63) is 22.4 Å². The van der Waals surface area contributed by atoms with Crippen LogP contribution < -0.4 is 5.73 Å². The highest BCUT2D eigenvalue weighted by atomic mass is 32.1. The zero-order chi connectivity index (χ0) is 11.5. The maximum Gasteiger partial charge on any atom is 0.0902 e. The zero-order valence-corrected chi connectivity index (χ0v) is 10.7. The van der Waals surface area contributed by atoms with Crippen LogP contribution in [0, 0.1) is 0 Å². The number of rotatable bonds is 3. The summed E-state index contributed by atoms with van der Waals surface area (Å²) in [6.07, 6.45) is 0.134. The fourth-order valence-electron chi connectivity index (χ4n) is 2.05. The lowest BCUT2D eigenvalue weighted by Crippen LogP contribution is -2.49. The summed E-state index contributed by atoms with van der Waals surface area (Å²) in [4.78, 5) is 3.65.